The summed E-state index contributed by atoms with van der Waals surface area (Å²) < 4.78 is 5.43. The molecule has 0 saturated heterocycles. The van der Waals surface area contributed by atoms with Crippen LogP contribution in [0, 0.1) is 6.92 Å². The smallest absolute Gasteiger partial charge is 0.272 e. The van der Waals surface area contributed by atoms with Crippen molar-refractivity contribution in [1.29, 1.82) is 0 Å². The lowest BCUT2D eigenvalue weighted by Crippen LogP contribution is -2.27. The van der Waals surface area contributed by atoms with Crippen molar-refractivity contribution in [2.45, 2.75) is 19.9 Å². The number of furan rings is 1. The van der Waals surface area contributed by atoms with Crippen LogP contribution in [-0.4, -0.2) is 16.1 Å². The van der Waals surface area contributed by atoms with Crippen molar-refractivity contribution in [2.24, 2.45) is 0 Å². The van der Waals surface area contributed by atoms with E-state index in [1.165, 1.54) is 12.1 Å². The number of nitrogens with zero attached hydrogens (tertiary/aromatic N) is 2. The van der Waals surface area contributed by atoms with Crippen molar-refractivity contribution in [2.75, 3.05) is 5.73 Å². The monoisotopic (exact) mass is 246 g/mol. The molecule has 3 N–H and O–H groups in total. The Hall–Kier alpha value is -2.37. The van der Waals surface area contributed by atoms with E-state index in [0.717, 1.165) is 5.76 Å². The van der Waals surface area contributed by atoms with Gasteiger partial charge < -0.3 is 15.5 Å². The van der Waals surface area contributed by atoms with E-state index in [1.54, 1.807) is 0 Å². The van der Waals surface area contributed by atoms with Crippen LogP contribution >= 0.6 is 0 Å². The van der Waals surface area contributed by atoms with Crippen LogP contribution < -0.4 is 11.1 Å². The molecule has 0 bridgehead atoms. The molecule has 0 spiro atoms. The molecule has 1 amide bonds. The number of nitrogen functional groups attached to an aromatic ring is 1. The highest BCUT2D eigenvalue weighted by molar-refractivity contribution is 5.92. The van der Waals surface area contributed by atoms with E-state index >= 15 is 0 Å². The normalized spacial score (nSPS) is 12.1. The highest BCUT2D eigenvalue weighted by atomic mass is 16.3. The number of anilines is 1. The van der Waals surface area contributed by atoms with Gasteiger partial charge in [0, 0.05) is 0 Å². The Labute approximate surface area is 104 Å². The zero-order valence-electron chi connectivity index (χ0n) is 10.2. The molecule has 0 aliphatic rings. The third-order valence-corrected chi connectivity index (χ3v) is 2.45. The van der Waals surface area contributed by atoms with Gasteiger partial charge in [-0.2, -0.15) is 0 Å². The minimum Gasteiger partial charge on any atom is -0.464 e. The van der Waals surface area contributed by atoms with Gasteiger partial charge >= 0.3 is 0 Å². The molecule has 1 unspecified atom stereocenters. The molecular weight excluding hydrogens is 232 g/mol. The molecule has 94 valence electrons. The Morgan fingerprint density at radius 2 is 2.11 bits per heavy atom. The van der Waals surface area contributed by atoms with Crippen molar-refractivity contribution in [3.8, 4) is 0 Å². The van der Waals surface area contributed by atoms with Gasteiger partial charge in [-0.25, -0.2) is 0 Å². The van der Waals surface area contributed by atoms with Gasteiger partial charge in [-0.15, -0.1) is 10.2 Å². The second-order valence-electron chi connectivity index (χ2n) is 3.99. The first kappa shape index (κ1) is 12.1. The van der Waals surface area contributed by atoms with Crippen LogP contribution in [-0.2, 0) is 0 Å². The quantitative estimate of drug-likeness (QED) is 0.854. The van der Waals surface area contributed by atoms with Gasteiger partial charge in [-0.05, 0) is 38.1 Å². The molecule has 0 aromatic carbocycles. The van der Waals surface area contributed by atoms with E-state index < -0.39 is 0 Å². The van der Waals surface area contributed by atoms with E-state index in [0.29, 0.717) is 5.76 Å². The van der Waals surface area contributed by atoms with E-state index in [1.807, 2.05) is 26.0 Å². The Kier molecular flexibility index (Phi) is 3.27. The van der Waals surface area contributed by atoms with Gasteiger partial charge in [-0.1, -0.05) is 0 Å². The zero-order chi connectivity index (χ0) is 13.1. The first-order valence-electron chi connectivity index (χ1n) is 5.52. The summed E-state index contributed by atoms with van der Waals surface area (Å²) in [5.41, 5.74) is 5.62. The zero-order valence-corrected chi connectivity index (χ0v) is 10.2. The molecule has 2 rings (SSSR count). The van der Waals surface area contributed by atoms with E-state index in [-0.39, 0.29) is 23.5 Å². The molecule has 0 fully saturated rings. The van der Waals surface area contributed by atoms with Gasteiger partial charge in [0.05, 0.1) is 6.04 Å². The molecule has 2 aromatic heterocycles. The minimum absolute atomic E-state index is 0.222. The predicted molar refractivity (Wildman–Crippen MR) is 65.8 cm³/mol. The summed E-state index contributed by atoms with van der Waals surface area (Å²) in [5.74, 6) is 1.47. The average Bonchev–Trinajstić information content (AvgIpc) is 2.76. The molecule has 18 heavy (non-hydrogen) atoms. The van der Waals surface area contributed by atoms with E-state index in [4.69, 9.17) is 10.2 Å². The van der Waals surface area contributed by atoms with Crippen LogP contribution in [0.5, 0.6) is 0 Å². The number of amides is 1. The summed E-state index contributed by atoms with van der Waals surface area (Å²) >= 11 is 0. The largest absolute Gasteiger partial charge is 0.464 e. The lowest BCUT2D eigenvalue weighted by atomic mass is 10.2. The van der Waals surface area contributed by atoms with E-state index in [2.05, 4.69) is 15.5 Å². The standard InChI is InChI=1S/C12H14N4O2/c1-7-3-5-10(18-7)8(2)14-12(17)9-4-6-11(13)16-15-9/h3-6,8H,1-2H3,(H2,13,16)(H,14,17). The van der Waals surface area contributed by atoms with Crippen molar-refractivity contribution in [3.05, 3.63) is 41.5 Å². The number of aryl methyl sites for hydroxylation is 1. The summed E-state index contributed by atoms with van der Waals surface area (Å²) in [4.78, 5) is 11.9. The van der Waals surface area contributed by atoms with Crippen molar-refractivity contribution >= 4 is 11.7 Å². The van der Waals surface area contributed by atoms with Crippen molar-refractivity contribution in [3.63, 3.8) is 0 Å². The van der Waals surface area contributed by atoms with Crippen molar-refractivity contribution < 1.29 is 9.21 Å². The second-order valence-corrected chi connectivity index (χ2v) is 3.99. The number of aromatic nitrogens is 2. The van der Waals surface area contributed by atoms with Gasteiger partial charge in [0.1, 0.15) is 17.3 Å². The molecule has 0 radical (unpaired) electrons. The van der Waals surface area contributed by atoms with Crippen LogP contribution in [0.1, 0.15) is 35.0 Å². The number of hydrogen-bond donors (Lipinski definition) is 2. The van der Waals surface area contributed by atoms with Gasteiger partial charge in [0.2, 0.25) is 0 Å². The van der Waals surface area contributed by atoms with Crippen LogP contribution in [0.3, 0.4) is 0 Å². The molecule has 6 heteroatoms. The lowest BCUT2D eigenvalue weighted by molar-refractivity contribution is 0.0929. The number of nitrogens with one attached hydrogen (secondary N) is 1. The van der Waals surface area contributed by atoms with Gasteiger partial charge in [0.15, 0.2) is 5.69 Å². The molecule has 0 aliphatic carbocycles. The summed E-state index contributed by atoms with van der Waals surface area (Å²) in [7, 11) is 0. The van der Waals surface area contributed by atoms with Crippen LogP contribution in [0.15, 0.2) is 28.7 Å². The fourth-order valence-corrected chi connectivity index (χ4v) is 1.49. The summed E-state index contributed by atoms with van der Waals surface area (Å²) in [6, 6.07) is 6.50. The summed E-state index contributed by atoms with van der Waals surface area (Å²) in [6.07, 6.45) is 0. The number of hydrogen-bond acceptors (Lipinski definition) is 5. The molecule has 2 aromatic rings. The highest BCUT2D eigenvalue weighted by Crippen LogP contribution is 2.15. The van der Waals surface area contributed by atoms with Crippen LogP contribution in [0.2, 0.25) is 0 Å². The Bertz CT molecular complexity index is 547. The number of nitrogens with two attached hydrogens (primary N) is 1. The number of carbonyl (C=O) groups is 1. The molecule has 0 aliphatic heterocycles. The Morgan fingerprint density at radius 3 is 2.67 bits per heavy atom. The SMILES string of the molecule is Cc1ccc(C(C)NC(=O)c2ccc(N)nn2)o1. The fraction of sp³-hybridized carbons (Fsp3) is 0.250. The topological polar surface area (TPSA) is 94.0 Å². The molecule has 0 saturated carbocycles. The number of carbonyl (C=O) groups excluding carboxylic acids is 1. The second kappa shape index (κ2) is 4.87. The minimum atomic E-state index is -0.316. The first-order valence-corrected chi connectivity index (χ1v) is 5.52. The van der Waals surface area contributed by atoms with Crippen LogP contribution in [0.4, 0.5) is 5.82 Å². The van der Waals surface area contributed by atoms with Gasteiger partial charge in [0.25, 0.3) is 5.91 Å². The average molecular weight is 246 g/mol. The maximum Gasteiger partial charge on any atom is 0.272 e. The maximum absolute atomic E-state index is 11.9. The lowest BCUT2D eigenvalue weighted by Gasteiger charge is -2.10. The highest BCUT2D eigenvalue weighted by Gasteiger charge is 2.15. The molecule has 2 heterocycles. The predicted octanol–water partition coefficient (Wildman–Crippen LogP) is 1.45. The van der Waals surface area contributed by atoms with E-state index in [9.17, 15) is 4.79 Å². The third kappa shape index (κ3) is 2.65. The Balaban J connectivity index is 2.05. The molecular formula is C12H14N4O2. The third-order valence-electron chi connectivity index (χ3n) is 2.45. The molecule has 1 atom stereocenters. The maximum atomic E-state index is 11.9. The Morgan fingerprint density at radius 1 is 1.33 bits per heavy atom. The molecule has 6 nitrogen and oxygen atoms in total. The first-order chi connectivity index (χ1) is 8.56. The fourth-order valence-electron chi connectivity index (χ4n) is 1.49. The van der Waals surface area contributed by atoms with Crippen LogP contribution in [0.25, 0.3) is 0 Å². The van der Waals surface area contributed by atoms with Crippen molar-refractivity contribution in [1.82, 2.24) is 15.5 Å². The number of rotatable bonds is 3. The van der Waals surface area contributed by atoms with Gasteiger partial charge in [-0.3, -0.25) is 4.79 Å². The summed E-state index contributed by atoms with van der Waals surface area (Å²) in [6.45, 7) is 3.68. The summed E-state index contributed by atoms with van der Waals surface area (Å²) in [5, 5.41) is 10.1.